The molecule has 2 N–H and O–H groups in total. The molecule has 14 heavy (non-hydrogen) atoms. The first-order valence-electron chi connectivity index (χ1n) is 4.51. The normalized spacial score (nSPS) is 12.5. The van der Waals surface area contributed by atoms with Gasteiger partial charge < -0.3 is 10.4 Å². The number of anilines is 1. The van der Waals surface area contributed by atoms with E-state index in [-0.39, 0.29) is 5.92 Å². The minimum atomic E-state index is -0.856. The monoisotopic (exact) mass is 194 g/mol. The lowest BCUT2D eigenvalue weighted by Crippen LogP contribution is -2.34. The summed E-state index contributed by atoms with van der Waals surface area (Å²) in [6, 6.07) is 4.76. The Kier molecular flexibility index (Phi) is 3.45. The fraction of sp³-hybridized carbons (Fsp3) is 0.400. The van der Waals surface area contributed by atoms with E-state index in [0.717, 1.165) is 0 Å². The number of nitrogens with zero attached hydrogens (tertiary/aromatic N) is 1. The van der Waals surface area contributed by atoms with Crippen LogP contribution in [-0.4, -0.2) is 22.1 Å². The second-order valence-corrected chi connectivity index (χ2v) is 3.42. The van der Waals surface area contributed by atoms with Gasteiger partial charge in [-0.3, -0.25) is 0 Å². The Labute approximate surface area is 83.0 Å². The molecular formula is C10H14N2O2. The van der Waals surface area contributed by atoms with Crippen LogP contribution in [0.25, 0.3) is 0 Å². The molecule has 0 saturated heterocycles. The summed E-state index contributed by atoms with van der Waals surface area (Å²) < 4.78 is 0. The summed E-state index contributed by atoms with van der Waals surface area (Å²) in [4.78, 5) is 14.9. The highest BCUT2D eigenvalue weighted by atomic mass is 16.4. The topological polar surface area (TPSA) is 62.2 Å². The van der Waals surface area contributed by atoms with E-state index in [2.05, 4.69) is 10.3 Å². The van der Waals surface area contributed by atoms with E-state index in [4.69, 9.17) is 5.11 Å². The molecule has 0 saturated carbocycles. The van der Waals surface area contributed by atoms with E-state index in [9.17, 15) is 4.79 Å². The van der Waals surface area contributed by atoms with Crippen LogP contribution in [0, 0.1) is 5.92 Å². The summed E-state index contributed by atoms with van der Waals surface area (Å²) in [6.45, 7) is 3.71. The standard InChI is InChI=1S/C10H14N2O2/c1-7(2)9(10(13)14)12-8-5-3-4-6-11-8/h3-7,9H,1-2H3,(H,11,12)(H,13,14)/t9-/m0/s1. The lowest BCUT2D eigenvalue weighted by Gasteiger charge is -2.18. The van der Waals surface area contributed by atoms with Gasteiger partial charge in [-0.15, -0.1) is 0 Å². The molecule has 0 fully saturated rings. The molecule has 0 amide bonds. The van der Waals surface area contributed by atoms with Gasteiger partial charge in [0.25, 0.3) is 0 Å². The van der Waals surface area contributed by atoms with Crippen molar-refractivity contribution in [3.63, 3.8) is 0 Å². The van der Waals surface area contributed by atoms with E-state index in [1.54, 1.807) is 18.3 Å². The van der Waals surface area contributed by atoms with Crippen molar-refractivity contribution < 1.29 is 9.90 Å². The fourth-order valence-electron chi connectivity index (χ4n) is 1.12. The van der Waals surface area contributed by atoms with Gasteiger partial charge in [0.05, 0.1) is 0 Å². The third-order valence-corrected chi connectivity index (χ3v) is 1.90. The van der Waals surface area contributed by atoms with Crippen molar-refractivity contribution in [3.8, 4) is 0 Å². The first kappa shape index (κ1) is 10.5. The number of carboxylic acid groups (broad SMARTS) is 1. The molecule has 0 spiro atoms. The van der Waals surface area contributed by atoms with Gasteiger partial charge in [-0.05, 0) is 18.1 Å². The highest BCUT2D eigenvalue weighted by Crippen LogP contribution is 2.09. The third kappa shape index (κ3) is 2.73. The van der Waals surface area contributed by atoms with Crippen LogP contribution in [0.5, 0.6) is 0 Å². The lowest BCUT2D eigenvalue weighted by molar-refractivity contribution is -0.138. The minimum Gasteiger partial charge on any atom is -0.480 e. The Morgan fingerprint density at radius 1 is 1.50 bits per heavy atom. The quantitative estimate of drug-likeness (QED) is 0.764. The predicted molar refractivity (Wildman–Crippen MR) is 54.1 cm³/mol. The highest BCUT2D eigenvalue weighted by Gasteiger charge is 2.20. The largest absolute Gasteiger partial charge is 0.480 e. The van der Waals surface area contributed by atoms with Gasteiger partial charge in [-0.1, -0.05) is 19.9 Å². The van der Waals surface area contributed by atoms with E-state index >= 15 is 0 Å². The van der Waals surface area contributed by atoms with Crippen LogP contribution in [-0.2, 0) is 4.79 Å². The smallest absolute Gasteiger partial charge is 0.326 e. The fourth-order valence-corrected chi connectivity index (χ4v) is 1.12. The van der Waals surface area contributed by atoms with Crippen molar-refractivity contribution in [1.29, 1.82) is 0 Å². The predicted octanol–water partition coefficient (Wildman–Crippen LogP) is 1.60. The Morgan fingerprint density at radius 3 is 2.64 bits per heavy atom. The number of carbonyl (C=O) groups is 1. The molecule has 4 heteroatoms. The van der Waals surface area contributed by atoms with Crippen molar-refractivity contribution in [1.82, 2.24) is 4.98 Å². The minimum absolute atomic E-state index is 0.0227. The molecule has 1 heterocycles. The van der Waals surface area contributed by atoms with Crippen LogP contribution < -0.4 is 5.32 Å². The summed E-state index contributed by atoms with van der Waals surface area (Å²) in [5, 5.41) is 11.8. The van der Waals surface area contributed by atoms with Crippen LogP contribution in [0.1, 0.15) is 13.8 Å². The molecule has 76 valence electrons. The van der Waals surface area contributed by atoms with Gasteiger partial charge in [0, 0.05) is 6.20 Å². The van der Waals surface area contributed by atoms with Crippen molar-refractivity contribution in [2.24, 2.45) is 5.92 Å². The number of hydrogen-bond acceptors (Lipinski definition) is 3. The molecule has 0 unspecified atom stereocenters. The number of rotatable bonds is 4. The maximum atomic E-state index is 10.9. The van der Waals surface area contributed by atoms with Crippen molar-refractivity contribution in [2.75, 3.05) is 5.32 Å². The Balaban J connectivity index is 2.70. The molecule has 0 aliphatic rings. The van der Waals surface area contributed by atoms with E-state index < -0.39 is 12.0 Å². The van der Waals surface area contributed by atoms with Gasteiger partial charge in [0.15, 0.2) is 0 Å². The molecule has 1 atom stereocenters. The van der Waals surface area contributed by atoms with Crippen molar-refractivity contribution >= 4 is 11.8 Å². The zero-order chi connectivity index (χ0) is 10.6. The van der Waals surface area contributed by atoms with Gasteiger partial charge in [-0.2, -0.15) is 0 Å². The van der Waals surface area contributed by atoms with Crippen LogP contribution >= 0.6 is 0 Å². The van der Waals surface area contributed by atoms with Crippen molar-refractivity contribution in [2.45, 2.75) is 19.9 Å². The zero-order valence-electron chi connectivity index (χ0n) is 8.27. The van der Waals surface area contributed by atoms with E-state index in [1.807, 2.05) is 19.9 Å². The zero-order valence-corrected chi connectivity index (χ0v) is 8.27. The van der Waals surface area contributed by atoms with Gasteiger partial charge in [-0.25, -0.2) is 9.78 Å². The molecule has 0 aromatic carbocycles. The summed E-state index contributed by atoms with van der Waals surface area (Å²) >= 11 is 0. The lowest BCUT2D eigenvalue weighted by atomic mass is 10.1. The number of hydrogen-bond donors (Lipinski definition) is 2. The Hall–Kier alpha value is -1.58. The second-order valence-electron chi connectivity index (χ2n) is 3.42. The first-order chi connectivity index (χ1) is 6.61. The maximum absolute atomic E-state index is 10.9. The molecule has 1 aromatic rings. The summed E-state index contributed by atoms with van der Waals surface area (Å²) in [7, 11) is 0. The molecule has 1 rings (SSSR count). The third-order valence-electron chi connectivity index (χ3n) is 1.90. The highest BCUT2D eigenvalue weighted by molar-refractivity contribution is 5.77. The second kappa shape index (κ2) is 4.60. The molecule has 1 aromatic heterocycles. The Bertz CT molecular complexity index is 298. The molecule has 0 aliphatic carbocycles. The SMILES string of the molecule is CC(C)[C@H](Nc1ccccn1)C(=O)O. The van der Waals surface area contributed by atoms with E-state index in [0.29, 0.717) is 5.82 Å². The van der Waals surface area contributed by atoms with Gasteiger partial charge >= 0.3 is 5.97 Å². The Morgan fingerprint density at radius 2 is 2.21 bits per heavy atom. The molecule has 0 aliphatic heterocycles. The van der Waals surface area contributed by atoms with E-state index in [1.165, 1.54) is 0 Å². The number of pyridine rings is 1. The summed E-state index contributed by atoms with van der Waals surface area (Å²) in [5.41, 5.74) is 0. The average molecular weight is 194 g/mol. The average Bonchev–Trinajstić information content (AvgIpc) is 2.15. The number of aliphatic carboxylic acids is 1. The number of nitrogens with one attached hydrogen (secondary N) is 1. The molecule has 0 bridgehead atoms. The maximum Gasteiger partial charge on any atom is 0.326 e. The van der Waals surface area contributed by atoms with Crippen LogP contribution in [0.3, 0.4) is 0 Å². The summed E-state index contributed by atoms with van der Waals surface area (Å²) in [6.07, 6.45) is 1.63. The summed E-state index contributed by atoms with van der Waals surface area (Å²) in [5.74, 6) is -0.242. The molecule has 4 nitrogen and oxygen atoms in total. The van der Waals surface area contributed by atoms with Crippen molar-refractivity contribution in [3.05, 3.63) is 24.4 Å². The number of carboxylic acids is 1. The van der Waals surface area contributed by atoms with Gasteiger partial charge in [0.2, 0.25) is 0 Å². The number of aromatic nitrogens is 1. The molecular weight excluding hydrogens is 180 g/mol. The van der Waals surface area contributed by atoms with Crippen LogP contribution in [0.4, 0.5) is 5.82 Å². The first-order valence-corrected chi connectivity index (χ1v) is 4.51. The van der Waals surface area contributed by atoms with Crippen LogP contribution in [0.15, 0.2) is 24.4 Å². The van der Waals surface area contributed by atoms with Gasteiger partial charge in [0.1, 0.15) is 11.9 Å². The van der Waals surface area contributed by atoms with Crippen LogP contribution in [0.2, 0.25) is 0 Å². The molecule has 0 radical (unpaired) electrons.